The van der Waals surface area contributed by atoms with Crippen LogP contribution in [-0.4, -0.2) is 16.1 Å². The number of halogens is 1. The Morgan fingerprint density at radius 3 is 2.54 bits per heavy atom. The molecule has 0 N–H and O–H groups in total. The zero-order chi connectivity index (χ0) is 10.0. The lowest BCUT2D eigenvalue weighted by molar-refractivity contribution is 0.112. The molecule has 0 unspecified atom stereocenters. The van der Waals surface area contributed by atoms with Gasteiger partial charge in [0, 0.05) is 6.54 Å². The summed E-state index contributed by atoms with van der Waals surface area (Å²) < 4.78 is 1.64. The van der Waals surface area contributed by atoms with E-state index in [4.69, 9.17) is 11.6 Å². The van der Waals surface area contributed by atoms with Gasteiger partial charge in [-0.1, -0.05) is 25.4 Å². The first-order valence-corrected chi connectivity index (χ1v) is 4.71. The molecule has 72 valence electrons. The van der Waals surface area contributed by atoms with Crippen molar-refractivity contribution in [2.24, 2.45) is 0 Å². The first kappa shape index (κ1) is 10.3. The van der Waals surface area contributed by atoms with Crippen LogP contribution in [-0.2, 0) is 6.54 Å². The van der Waals surface area contributed by atoms with E-state index in [0.29, 0.717) is 17.3 Å². The predicted octanol–water partition coefficient (Wildman–Crippen LogP) is 2.49. The van der Waals surface area contributed by atoms with Crippen molar-refractivity contribution < 1.29 is 4.79 Å². The molecule has 0 fully saturated rings. The quantitative estimate of drug-likeness (QED) is 0.703. The summed E-state index contributed by atoms with van der Waals surface area (Å²) >= 11 is 5.94. The zero-order valence-electron chi connectivity index (χ0n) is 8.04. The highest BCUT2D eigenvalue weighted by Crippen LogP contribution is 2.23. The van der Waals surface area contributed by atoms with Crippen molar-refractivity contribution in [1.29, 1.82) is 0 Å². The lowest BCUT2D eigenvalue weighted by Crippen LogP contribution is -1.97. The summed E-state index contributed by atoms with van der Waals surface area (Å²) in [6, 6.07) is 0. The molecule has 1 aromatic heterocycles. The fraction of sp³-hybridized carbons (Fsp3) is 0.556. The second-order valence-electron chi connectivity index (χ2n) is 3.18. The van der Waals surface area contributed by atoms with Crippen LogP contribution in [0.1, 0.15) is 42.7 Å². The van der Waals surface area contributed by atoms with Gasteiger partial charge in [0.2, 0.25) is 0 Å². The topological polar surface area (TPSA) is 34.9 Å². The lowest BCUT2D eigenvalue weighted by Gasteiger charge is -1.98. The maximum atomic E-state index is 10.7. The molecule has 0 spiro atoms. The molecule has 0 atom stereocenters. The minimum atomic E-state index is 0.227. The van der Waals surface area contributed by atoms with Crippen LogP contribution in [0.5, 0.6) is 0 Å². The van der Waals surface area contributed by atoms with Gasteiger partial charge >= 0.3 is 0 Å². The van der Waals surface area contributed by atoms with Crippen LogP contribution in [0, 0.1) is 0 Å². The molecule has 1 rings (SSSR count). The van der Waals surface area contributed by atoms with Crippen LogP contribution in [0.15, 0.2) is 0 Å². The summed E-state index contributed by atoms with van der Waals surface area (Å²) in [6.45, 7) is 6.61. The molecule has 1 heterocycles. The van der Waals surface area contributed by atoms with E-state index in [2.05, 4.69) is 5.10 Å². The minimum absolute atomic E-state index is 0.227. The second-order valence-corrected chi connectivity index (χ2v) is 3.54. The monoisotopic (exact) mass is 200 g/mol. The summed E-state index contributed by atoms with van der Waals surface area (Å²) in [5.74, 6) is 0.227. The largest absolute Gasteiger partial charge is 0.298 e. The van der Waals surface area contributed by atoms with Gasteiger partial charge in [0.15, 0.2) is 6.29 Å². The smallest absolute Gasteiger partial charge is 0.155 e. The Morgan fingerprint density at radius 2 is 2.23 bits per heavy atom. The van der Waals surface area contributed by atoms with Crippen molar-refractivity contribution in [1.82, 2.24) is 9.78 Å². The Bertz CT molecular complexity index is 318. The van der Waals surface area contributed by atoms with E-state index in [9.17, 15) is 4.79 Å². The summed E-state index contributed by atoms with van der Waals surface area (Å²) in [5, 5.41) is 4.70. The van der Waals surface area contributed by atoms with Crippen LogP contribution in [0.25, 0.3) is 0 Å². The third kappa shape index (κ3) is 1.75. The minimum Gasteiger partial charge on any atom is -0.298 e. The molecule has 0 aliphatic heterocycles. The molecule has 1 aromatic rings. The Balaban J connectivity index is 3.27. The van der Waals surface area contributed by atoms with E-state index in [0.717, 1.165) is 12.0 Å². The molecule has 0 radical (unpaired) electrons. The third-order valence-electron chi connectivity index (χ3n) is 1.92. The SMILES string of the molecule is CCn1nc(C(C)C)c(C=O)c1Cl. The van der Waals surface area contributed by atoms with E-state index in [1.807, 2.05) is 20.8 Å². The molecular weight excluding hydrogens is 188 g/mol. The number of aldehydes is 1. The summed E-state index contributed by atoms with van der Waals surface area (Å²) in [5.41, 5.74) is 1.31. The maximum absolute atomic E-state index is 10.7. The first-order valence-electron chi connectivity index (χ1n) is 4.33. The summed E-state index contributed by atoms with van der Waals surface area (Å²) in [7, 11) is 0. The van der Waals surface area contributed by atoms with E-state index >= 15 is 0 Å². The Kier molecular flexibility index (Phi) is 3.09. The lowest BCUT2D eigenvalue weighted by atomic mass is 10.1. The fourth-order valence-electron chi connectivity index (χ4n) is 1.22. The van der Waals surface area contributed by atoms with Crippen molar-refractivity contribution in [2.45, 2.75) is 33.2 Å². The van der Waals surface area contributed by atoms with Gasteiger partial charge in [-0.15, -0.1) is 0 Å². The highest BCUT2D eigenvalue weighted by atomic mass is 35.5. The molecule has 13 heavy (non-hydrogen) atoms. The molecule has 3 nitrogen and oxygen atoms in total. The molecule has 0 saturated carbocycles. The Morgan fingerprint density at radius 1 is 1.62 bits per heavy atom. The van der Waals surface area contributed by atoms with Crippen LogP contribution < -0.4 is 0 Å². The summed E-state index contributed by atoms with van der Waals surface area (Å²) in [6.07, 6.45) is 0.775. The number of aryl methyl sites for hydroxylation is 1. The van der Waals surface area contributed by atoms with Crippen LogP contribution in [0.3, 0.4) is 0 Å². The number of aromatic nitrogens is 2. The molecule has 0 bridgehead atoms. The highest BCUT2D eigenvalue weighted by molar-refractivity contribution is 6.32. The van der Waals surface area contributed by atoms with Gasteiger partial charge in [-0.05, 0) is 12.8 Å². The predicted molar refractivity (Wildman–Crippen MR) is 52.4 cm³/mol. The van der Waals surface area contributed by atoms with Gasteiger partial charge in [-0.2, -0.15) is 5.10 Å². The van der Waals surface area contributed by atoms with Crippen LogP contribution in [0.2, 0.25) is 5.15 Å². The van der Waals surface area contributed by atoms with Crippen LogP contribution >= 0.6 is 11.6 Å². The van der Waals surface area contributed by atoms with E-state index in [1.54, 1.807) is 4.68 Å². The number of nitrogens with zero attached hydrogens (tertiary/aromatic N) is 2. The number of carbonyl (C=O) groups is 1. The molecule has 0 aromatic carbocycles. The standard InChI is InChI=1S/C9H13ClN2O/c1-4-12-9(10)7(5-13)8(11-12)6(2)3/h5-6H,4H2,1-3H3. The summed E-state index contributed by atoms with van der Waals surface area (Å²) in [4.78, 5) is 10.7. The van der Waals surface area contributed by atoms with Crippen molar-refractivity contribution in [2.75, 3.05) is 0 Å². The fourth-order valence-corrected chi connectivity index (χ4v) is 1.52. The molecule has 0 amide bonds. The Hall–Kier alpha value is -0.830. The maximum Gasteiger partial charge on any atom is 0.155 e. The molecular formula is C9H13ClN2O. The second kappa shape index (κ2) is 3.92. The highest BCUT2D eigenvalue weighted by Gasteiger charge is 2.16. The van der Waals surface area contributed by atoms with Crippen molar-refractivity contribution in [3.8, 4) is 0 Å². The molecule has 4 heteroatoms. The third-order valence-corrected chi connectivity index (χ3v) is 2.32. The number of carbonyl (C=O) groups excluding carboxylic acids is 1. The van der Waals surface area contributed by atoms with Gasteiger partial charge < -0.3 is 0 Å². The number of hydrogen-bond acceptors (Lipinski definition) is 2. The van der Waals surface area contributed by atoms with Crippen molar-refractivity contribution in [3.63, 3.8) is 0 Å². The van der Waals surface area contributed by atoms with Gasteiger partial charge in [0.1, 0.15) is 5.15 Å². The van der Waals surface area contributed by atoms with Crippen molar-refractivity contribution in [3.05, 3.63) is 16.4 Å². The van der Waals surface area contributed by atoms with Gasteiger partial charge in [-0.3, -0.25) is 9.48 Å². The average Bonchev–Trinajstić information content (AvgIpc) is 2.42. The normalized spacial score (nSPS) is 10.8. The average molecular weight is 201 g/mol. The van der Waals surface area contributed by atoms with Crippen molar-refractivity contribution >= 4 is 17.9 Å². The van der Waals surface area contributed by atoms with E-state index in [1.165, 1.54) is 0 Å². The van der Waals surface area contributed by atoms with Gasteiger partial charge in [0.25, 0.3) is 0 Å². The molecule has 0 saturated heterocycles. The van der Waals surface area contributed by atoms with E-state index < -0.39 is 0 Å². The first-order chi connectivity index (χ1) is 6.11. The number of rotatable bonds is 3. The zero-order valence-corrected chi connectivity index (χ0v) is 8.80. The number of hydrogen-bond donors (Lipinski definition) is 0. The Labute approximate surface area is 82.7 Å². The van der Waals surface area contributed by atoms with Crippen LogP contribution in [0.4, 0.5) is 0 Å². The molecule has 0 aliphatic rings. The molecule has 0 aliphatic carbocycles. The van der Waals surface area contributed by atoms with Gasteiger partial charge in [-0.25, -0.2) is 0 Å². The van der Waals surface area contributed by atoms with Gasteiger partial charge in [0.05, 0.1) is 11.3 Å². The van der Waals surface area contributed by atoms with E-state index in [-0.39, 0.29) is 5.92 Å².